The maximum Gasteiger partial charge on any atom is 0.162 e. The summed E-state index contributed by atoms with van der Waals surface area (Å²) < 4.78 is 0. The van der Waals surface area contributed by atoms with E-state index in [1.54, 1.807) is 12.1 Å². The molecule has 1 radical (unpaired) electrons. The standard InChI is InChI=1S/C10H12NO2.C4H9.Y/c1-10(2,3)8-5-4-6-9(7-8)11(12)13;1-4(2)3;/h4-5,7H,1-3H3;1-3H3;/q2*-1;. The fourth-order valence-corrected chi connectivity index (χ4v) is 1.03. The van der Waals surface area contributed by atoms with E-state index >= 15 is 0 Å². The van der Waals surface area contributed by atoms with Gasteiger partial charge in [-0.25, -0.2) is 0 Å². The molecule has 0 saturated heterocycles. The molecule has 0 aliphatic heterocycles. The van der Waals surface area contributed by atoms with Gasteiger partial charge in [0.15, 0.2) is 5.69 Å². The van der Waals surface area contributed by atoms with E-state index in [0.29, 0.717) is 0 Å². The van der Waals surface area contributed by atoms with Gasteiger partial charge in [-0.05, 0) is 5.41 Å². The molecule has 0 saturated carbocycles. The molecule has 3 nitrogen and oxygen atoms in total. The Morgan fingerprint density at radius 2 is 1.72 bits per heavy atom. The summed E-state index contributed by atoms with van der Waals surface area (Å²) in [5.74, 6) is 1.42. The number of nitro groups is 1. The van der Waals surface area contributed by atoms with E-state index in [1.165, 1.54) is 5.92 Å². The molecule has 0 unspecified atom stereocenters. The normalized spacial score (nSPS) is 10.2. The van der Waals surface area contributed by atoms with Crippen LogP contribution in [0.3, 0.4) is 0 Å². The van der Waals surface area contributed by atoms with Gasteiger partial charge < -0.3 is 5.92 Å². The van der Waals surface area contributed by atoms with E-state index in [2.05, 4.69) is 26.8 Å². The molecule has 4 heteroatoms. The Balaban J connectivity index is 0. The van der Waals surface area contributed by atoms with Gasteiger partial charge in [-0.1, -0.05) is 26.8 Å². The quantitative estimate of drug-likeness (QED) is 0.439. The van der Waals surface area contributed by atoms with Crippen molar-refractivity contribution in [3.05, 3.63) is 45.9 Å². The number of rotatable bonds is 1. The van der Waals surface area contributed by atoms with Crippen LogP contribution < -0.4 is 0 Å². The van der Waals surface area contributed by atoms with Crippen LogP contribution in [-0.2, 0) is 38.1 Å². The first-order chi connectivity index (χ1) is 7.64. The average Bonchev–Trinajstić information content (AvgIpc) is 2.15. The number of hydrogen-bond donors (Lipinski definition) is 0. The van der Waals surface area contributed by atoms with Crippen LogP contribution in [0.5, 0.6) is 0 Å². The van der Waals surface area contributed by atoms with Crippen LogP contribution in [0.15, 0.2) is 18.2 Å². The van der Waals surface area contributed by atoms with Crippen LogP contribution >= 0.6 is 0 Å². The summed E-state index contributed by atoms with van der Waals surface area (Å²) in [4.78, 5) is 10.0. The van der Waals surface area contributed by atoms with Crippen molar-refractivity contribution in [3.8, 4) is 0 Å². The van der Waals surface area contributed by atoms with Crippen molar-refractivity contribution in [2.75, 3.05) is 0 Å². The van der Waals surface area contributed by atoms with Gasteiger partial charge in [0.2, 0.25) is 0 Å². The van der Waals surface area contributed by atoms with E-state index in [-0.39, 0.29) is 43.8 Å². The van der Waals surface area contributed by atoms with Gasteiger partial charge in [0.05, 0.1) is 0 Å². The van der Waals surface area contributed by atoms with Crippen molar-refractivity contribution in [2.24, 2.45) is 0 Å². The Morgan fingerprint density at radius 1 is 1.28 bits per heavy atom. The first kappa shape index (κ1) is 20.0. The molecule has 99 valence electrons. The molecule has 0 bridgehead atoms. The molecule has 0 spiro atoms. The summed E-state index contributed by atoms with van der Waals surface area (Å²) in [6.45, 7) is 12.3. The number of benzene rings is 1. The molecule has 0 amide bonds. The molecule has 0 N–H and O–H groups in total. The molecule has 0 atom stereocenters. The van der Waals surface area contributed by atoms with Crippen LogP contribution in [0.25, 0.3) is 0 Å². The van der Waals surface area contributed by atoms with Crippen LogP contribution in [0.4, 0.5) is 5.69 Å². The van der Waals surface area contributed by atoms with Gasteiger partial charge in [0.25, 0.3) is 0 Å². The van der Waals surface area contributed by atoms with Gasteiger partial charge in [-0.2, -0.15) is 32.9 Å². The summed E-state index contributed by atoms with van der Waals surface area (Å²) in [5, 5.41) is 10.5. The van der Waals surface area contributed by atoms with Crippen LogP contribution in [0.1, 0.15) is 47.1 Å². The summed E-state index contributed by atoms with van der Waals surface area (Å²) in [6, 6.07) is 7.60. The molecular weight excluding hydrogens is 303 g/mol. The SMILES string of the molecule is CC(C)(C)c1cc[c-]c([N+](=O)[O-])c1.C[C-](C)C.[Y]. The third-order valence-corrected chi connectivity index (χ3v) is 1.85. The first-order valence-electron chi connectivity index (χ1n) is 5.58. The van der Waals surface area contributed by atoms with Crippen LogP contribution in [-0.4, -0.2) is 4.92 Å². The summed E-state index contributed by atoms with van der Waals surface area (Å²) in [6.07, 6.45) is 0. The molecular formula is C14H21NO2Y-2. The fourth-order valence-electron chi connectivity index (χ4n) is 1.03. The third-order valence-electron chi connectivity index (χ3n) is 1.85. The minimum absolute atomic E-state index is 0. The maximum absolute atomic E-state index is 10.5. The summed E-state index contributed by atoms with van der Waals surface area (Å²) >= 11 is 0. The number of non-ortho nitro benzene ring substituents is 1. The van der Waals surface area contributed by atoms with E-state index in [1.807, 2.05) is 26.8 Å². The van der Waals surface area contributed by atoms with E-state index in [9.17, 15) is 10.1 Å². The van der Waals surface area contributed by atoms with Gasteiger partial charge in [0, 0.05) is 37.6 Å². The van der Waals surface area contributed by atoms with Crippen LogP contribution in [0.2, 0.25) is 0 Å². The van der Waals surface area contributed by atoms with E-state index in [0.717, 1.165) is 5.56 Å². The zero-order valence-corrected chi connectivity index (χ0v) is 14.9. The Hall–Kier alpha value is -0.276. The molecule has 18 heavy (non-hydrogen) atoms. The smallest absolute Gasteiger partial charge is 0.162 e. The Morgan fingerprint density at radius 3 is 2.06 bits per heavy atom. The van der Waals surface area contributed by atoms with E-state index < -0.39 is 4.92 Å². The molecule has 0 heterocycles. The van der Waals surface area contributed by atoms with Gasteiger partial charge in [0.1, 0.15) is 0 Å². The molecule has 1 rings (SSSR count). The van der Waals surface area contributed by atoms with E-state index in [4.69, 9.17) is 0 Å². The second-order valence-electron chi connectivity index (χ2n) is 5.47. The molecule has 0 aliphatic rings. The maximum atomic E-state index is 10.5. The minimum atomic E-state index is -0.421. The first-order valence-corrected chi connectivity index (χ1v) is 5.58. The van der Waals surface area contributed by atoms with Crippen molar-refractivity contribution in [1.29, 1.82) is 0 Å². The monoisotopic (exact) mass is 324 g/mol. The Labute approximate surface area is 135 Å². The minimum Gasteiger partial charge on any atom is -0.323 e. The van der Waals surface area contributed by atoms with Crippen molar-refractivity contribution >= 4 is 5.69 Å². The molecule has 0 aromatic heterocycles. The van der Waals surface area contributed by atoms with Crippen molar-refractivity contribution in [3.63, 3.8) is 0 Å². The van der Waals surface area contributed by atoms with Gasteiger partial charge in [-0.3, -0.25) is 10.1 Å². The van der Waals surface area contributed by atoms with Gasteiger partial charge in [-0.15, -0.1) is 11.6 Å². The van der Waals surface area contributed by atoms with Crippen molar-refractivity contribution in [1.82, 2.24) is 0 Å². The number of nitro benzene ring substituents is 1. The number of hydrogen-bond acceptors (Lipinski definition) is 2. The molecule has 0 fully saturated rings. The van der Waals surface area contributed by atoms with Gasteiger partial charge >= 0.3 is 0 Å². The van der Waals surface area contributed by atoms with Crippen molar-refractivity contribution < 1.29 is 37.6 Å². The second-order valence-corrected chi connectivity index (χ2v) is 5.47. The Bertz CT molecular complexity index is 368. The zero-order chi connectivity index (χ0) is 13.6. The molecule has 1 aromatic rings. The van der Waals surface area contributed by atoms with Crippen molar-refractivity contribution in [2.45, 2.75) is 47.0 Å². The Kier molecular flexibility index (Phi) is 9.76. The largest absolute Gasteiger partial charge is 0.323 e. The molecule has 0 aliphatic carbocycles. The predicted molar refractivity (Wildman–Crippen MR) is 70.9 cm³/mol. The summed E-state index contributed by atoms with van der Waals surface area (Å²) in [5.41, 5.74) is 0.935. The zero-order valence-electron chi connectivity index (χ0n) is 12.1. The number of nitrogens with zero attached hydrogens (tertiary/aromatic N) is 1. The topological polar surface area (TPSA) is 43.1 Å². The summed E-state index contributed by atoms with van der Waals surface area (Å²) in [7, 11) is 0. The third kappa shape index (κ3) is 8.76. The molecule has 1 aromatic carbocycles. The predicted octanol–water partition coefficient (Wildman–Crippen LogP) is 4.31. The van der Waals surface area contributed by atoms with Crippen LogP contribution in [0, 0.1) is 22.1 Å². The average molecular weight is 324 g/mol. The fraction of sp³-hybridized carbons (Fsp3) is 0.500. The second kappa shape index (κ2) is 8.76.